The Hall–Kier alpha value is -1.79. The topological polar surface area (TPSA) is 102 Å². The Morgan fingerprint density at radius 1 is 1.25 bits per heavy atom. The molecule has 0 radical (unpaired) electrons. The molecule has 5 N–H and O–H groups in total. The Bertz CT molecular complexity index is 485. The van der Waals surface area contributed by atoms with Gasteiger partial charge in [-0.05, 0) is 31.0 Å². The first-order valence-electron chi connectivity index (χ1n) is 6.80. The molecule has 0 aromatic heterocycles. The van der Waals surface area contributed by atoms with Crippen molar-refractivity contribution in [3.8, 4) is 0 Å². The predicted octanol–water partition coefficient (Wildman–Crippen LogP) is 0.814. The maximum absolute atomic E-state index is 11.0. The quantitative estimate of drug-likeness (QED) is 0.690. The molecule has 1 fully saturated rings. The van der Waals surface area contributed by atoms with Gasteiger partial charge in [-0.1, -0.05) is 6.07 Å². The Labute approximate surface area is 118 Å². The fraction of sp³-hybridized carbons (Fsp3) is 0.500. The van der Waals surface area contributed by atoms with Gasteiger partial charge in [-0.3, -0.25) is 4.90 Å². The number of hydrogen-bond donors (Lipinski definition) is 3. The van der Waals surface area contributed by atoms with E-state index in [0.717, 1.165) is 51.3 Å². The maximum atomic E-state index is 11.0. The molecule has 0 amide bonds. The van der Waals surface area contributed by atoms with Gasteiger partial charge < -0.3 is 21.3 Å². The fourth-order valence-corrected chi connectivity index (χ4v) is 2.40. The van der Waals surface area contributed by atoms with Gasteiger partial charge >= 0.3 is 5.97 Å². The Balaban J connectivity index is 1.92. The molecule has 1 aliphatic rings. The van der Waals surface area contributed by atoms with Crippen molar-refractivity contribution in [3.05, 3.63) is 23.3 Å². The van der Waals surface area contributed by atoms with E-state index in [9.17, 15) is 4.79 Å². The largest absolute Gasteiger partial charge is 0.478 e. The normalized spacial score (nSPS) is 16.2. The number of rotatable bonds is 5. The van der Waals surface area contributed by atoms with Crippen molar-refractivity contribution in [3.63, 3.8) is 0 Å². The van der Waals surface area contributed by atoms with Crippen LogP contribution in [-0.2, 0) is 11.2 Å². The predicted molar refractivity (Wildman–Crippen MR) is 77.8 cm³/mol. The van der Waals surface area contributed by atoms with Crippen LogP contribution in [0.2, 0.25) is 0 Å². The summed E-state index contributed by atoms with van der Waals surface area (Å²) in [4.78, 5) is 13.3. The Morgan fingerprint density at radius 3 is 2.60 bits per heavy atom. The van der Waals surface area contributed by atoms with E-state index in [4.69, 9.17) is 21.3 Å². The summed E-state index contributed by atoms with van der Waals surface area (Å²) in [6.45, 7) is 4.51. The molecule has 20 heavy (non-hydrogen) atoms. The summed E-state index contributed by atoms with van der Waals surface area (Å²) in [6, 6.07) is 3.28. The molecule has 110 valence electrons. The first-order valence-corrected chi connectivity index (χ1v) is 6.80. The number of carboxylic acids is 1. The lowest BCUT2D eigenvalue weighted by Gasteiger charge is -2.26. The second kappa shape index (κ2) is 6.58. The molecular weight excluding hydrogens is 258 g/mol. The van der Waals surface area contributed by atoms with Gasteiger partial charge in [-0.15, -0.1) is 0 Å². The first-order chi connectivity index (χ1) is 9.59. The van der Waals surface area contributed by atoms with Crippen molar-refractivity contribution in [1.29, 1.82) is 0 Å². The summed E-state index contributed by atoms with van der Waals surface area (Å²) in [7, 11) is 0. The van der Waals surface area contributed by atoms with Crippen LogP contribution in [0.3, 0.4) is 0 Å². The number of carbonyl (C=O) groups is 1. The van der Waals surface area contributed by atoms with Gasteiger partial charge in [0, 0.05) is 13.1 Å². The van der Waals surface area contributed by atoms with E-state index in [2.05, 4.69) is 4.90 Å². The van der Waals surface area contributed by atoms with Crippen LogP contribution < -0.4 is 11.5 Å². The molecule has 0 unspecified atom stereocenters. The van der Waals surface area contributed by atoms with Gasteiger partial charge in [-0.25, -0.2) is 4.79 Å². The zero-order valence-corrected chi connectivity index (χ0v) is 11.5. The molecule has 6 nitrogen and oxygen atoms in total. The van der Waals surface area contributed by atoms with E-state index in [0.29, 0.717) is 5.69 Å². The lowest BCUT2D eigenvalue weighted by molar-refractivity contribution is 0.0375. The molecule has 1 aromatic carbocycles. The van der Waals surface area contributed by atoms with E-state index < -0.39 is 5.97 Å². The number of nitrogens with zero attached hydrogens (tertiary/aromatic N) is 1. The number of morpholine rings is 1. The monoisotopic (exact) mass is 279 g/mol. The smallest absolute Gasteiger partial charge is 0.337 e. The molecule has 0 atom stereocenters. The molecule has 6 heteroatoms. The molecule has 1 aromatic rings. The number of benzene rings is 1. The first kappa shape index (κ1) is 14.6. The summed E-state index contributed by atoms with van der Waals surface area (Å²) in [6.07, 6.45) is 1.77. The zero-order valence-electron chi connectivity index (χ0n) is 11.5. The molecule has 0 spiro atoms. The van der Waals surface area contributed by atoms with Crippen molar-refractivity contribution < 1.29 is 14.6 Å². The van der Waals surface area contributed by atoms with Crippen LogP contribution in [0.15, 0.2) is 12.1 Å². The third-order valence-corrected chi connectivity index (χ3v) is 3.63. The van der Waals surface area contributed by atoms with Crippen LogP contribution in [0.25, 0.3) is 0 Å². The Kier molecular flexibility index (Phi) is 4.81. The highest BCUT2D eigenvalue weighted by Crippen LogP contribution is 2.25. The molecule has 2 rings (SSSR count). The average Bonchev–Trinajstić information content (AvgIpc) is 2.44. The van der Waals surface area contributed by atoms with Crippen molar-refractivity contribution >= 4 is 17.3 Å². The summed E-state index contributed by atoms with van der Waals surface area (Å²) in [5, 5.41) is 8.97. The molecule has 1 aliphatic heterocycles. The molecule has 1 heterocycles. The van der Waals surface area contributed by atoms with E-state index >= 15 is 0 Å². The van der Waals surface area contributed by atoms with Crippen molar-refractivity contribution in [1.82, 2.24) is 4.90 Å². The number of nitrogen functional groups attached to an aromatic ring is 2. The standard InChI is InChI=1S/C14H21N3O3/c15-12-10(3-4-11(13(12)16)14(18)19)2-1-5-17-6-8-20-9-7-17/h3-4H,1-2,5-9,15-16H2,(H,18,19). The number of ether oxygens (including phenoxy) is 1. The summed E-state index contributed by atoms with van der Waals surface area (Å²) in [5.74, 6) is -1.05. The highest BCUT2D eigenvalue weighted by Gasteiger charge is 2.14. The van der Waals surface area contributed by atoms with Crippen LogP contribution >= 0.6 is 0 Å². The van der Waals surface area contributed by atoms with Crippen LogP contribution in [0.1, 0.15) is 22.3 Å². The van der Waals surface area contributed by atoms with Gasteiger partial charge in [-0.2, -0.15) is 0 Å². The van der Waals surface area contributed by atoms with Crippen molar-refractivity contribution in [2.45, 2.75) is 12.8 Å². The lowest BCUT2D eigenvalue weighted by Crippen LogP contribution is -2.36. The van der Waals surface area contributed by atoms with E-state index in [1.807, 2.05) is 0 Å². The number of anilines is 2. The number of aryl methyl sites for hydroxylation is 1. The van der Waals surface area contributed by atoms with Gasteiger partial charge in [0.05, 0.1) is 30.2 Å². The maximum Gasteiger partial charge on any atom is 0.337 e. The number of hydrogen-bond acceptors (Lipinski definition) is 5. The fourth-order valence-electron chi connectivity index (χ4n) is 2.40. The van der Waals surface area contributed by atoms with Crippen molar-refractivity contribution in [2.24, 2.45) is 0 Å². The number of nitrogens with two attached hydrogens (primary N) is 2. The van der Waals surface area contributed by atoms with E-state index in [1.54, 1.807) is 6.07 Å². The number of aromatic carboxylic acids is 1. The minimum atomic E-state index is -1.05. The minimum absolute atomic E-state index is 0.0689. The third kappa shape index (κ3) is 3.40. The second-order valence-electron chi connectivity index (χ2n) is 4.96. The molecular formula is C14H21N3O3. The van der Waals surface area contributed by atoms with Gasteiger partial charge in [0.2, 0.25) is 0 Å². The highest BCUT2D eigenvalue weighted by molar-refractivity contribution is 5.97. The van der Waals surface area contributed by atoms with Crippen LogP contribution in [-0.4, -0.2) is 48.8 Å². The summed E-state index contributed by atoms with van der Waals surface area (Å²) >= 11 is 0. The SMILES string of the molecule is Nc1c(CCCN2CCOCC2)ccc(C(=O)O)c1N. The van der Waals surface area contributed by atoms with Crippen LogP contribution in [0.5, 0.6) is 0 Å². The molecule has 0 bridgehead atoms. The third-order valence-electron chi connectivity index (χ3n) is 3.63. The Morgan fingerprint density at radius 2 is 1.95 bits per heavy atom. The van der Waals surface area contributed by atoms with Gasteiger partial charge in [0.25, 0.3) is 0 Å². The van der Waals surface area contributed by atoms with Crippen LogP contribution in [0.4, 0.5) is 11.4 Å². The van der Waals surface area contributed by atoms with Gasteiger partial charge in [0.1, 0.15) is 0 Å². The molecule has 1 saturated heterocycles. The van der Waals surface area contributed by atoms with E-state index in [-0.39, 0.29) is 11.3 Å². The number of carboxylic acid groups (broad SMARTS) is 1. The van der Waals surface area contributed by atoms with Crippen LogP contribution in [0, 0.1) is 0 Å². The second-order valence-corrected chi connectivity index (χ2v) is 4.96. The molecule has 0 aliphatic carbocycles. The molecule has 0 saturated carbocycles. The average molecular weight is 279 g/mol. The lowest BCUT2D eigenvalue weighted by atomic mass is 10.0. The zero-order chi connectivity index (χ0) is 14.5. The summed E-state index contributed by atoms with van der Waals surface area (Å²) < 4.78 is 5.30. The highest BCUT2D eigenvalue weighted by atomic mass is 16.5. The minimum Gasteiger partial charge on any atom is -0.478 e. The van der Waals surface area contributed by atoms with Gasteiger partial charge in [0.15, 0.2) is 0 Å². The summed E-state index contributed by atoms with van der Waals surface area (Å²) in [5.41, 5.74) is 13.2. The van der Waals surface area contributed by atoms with Crippen molar-refractivity contribution in [2.75, 3.05) is 44.3 Å². The van der Waals surface area contributed by atoms with E-state index in [1.165, 1.54) is 6.07 Å².